The lowest BCUT2D eigenvalue weighted by Gasteiger charge is -2.10. The van der Waals surface area contributed by atoms with Crippen LogP contribution in [-0.4, -0.2) is 40.6 Å². The second-order valence-corrected chi connectivity index (χ2v) is 6.97. The first-order chi connectivity index (χ1) is 15.8. The molecule has 0 fully saturated rings. The minimum atomic E-state index is 0.482. The summed E-state index contributed by atoms with van der Waals surface area (Å²) in [4.78, 5) is 0. The minimum Gasteiger partial charge on any atom is -0.497 e. The van der Waals surface area contributed by atoms with Gasteiger partial charge in [0.05, 0.1) is 40.6 Å². The van der Waals surface area contributed by atoms with E-state index in [1.807, 2.05) is 72.8 Å². The number of rotatable bonds is 14. The first-order valence-corrected chi connectivity index (χ1v) is 10.5. The van der Waals surface area contributed by atoms with Crippen LogP contribution < -0.4 is 18.9 Å². The van der Waals surface area contributed by atoms with Crippen LogP contribution in [0, 0.1) is 0 Å². The minimum absolute atomic E-state index is 0.482. The summed E-state index contributed by atoms with van der Waals surface area (Å²) in [5.41, 5.74) is 2.19. The topological polar surface area (TPSA) is 55.4 Å². The van der Waals surface area contributed by atoms with Crippen molar-refractivity contribution in [1.29, 1.82) is 0 Å². The predicted octanol–water partition coefficient (Wildman–Crippen LogP) is 4.90. The van der Waals surface area contributed by atoms with Gasteiger partial charge in [-0.3, -0.25) is 0 Å². The van der Waals surface area contributed by atoms with E-state index < -0.39 is 0 Å². The highest BCUT2D eigenvalue weighted by Gasteiger charge is 2.00. The molecule has 0 aliphatic rings. The SMILES string of the molecule is COc1ccc(COCCOc2ccc(OCCOCc3ccc(OC)cc3)cc2)cc1. The Morgan fingerprint density at radius 2 is 0.781 bits per heavy atom. The van der Waals surface area contributed by atoms with Gasteiger partial charge in [-0.05, 0) is 59.7 Å². The fourth-order valence-electron chi connectivity index (χ4n) is 2.89. The second-order valence-electron chi connectivity index (χ2n) is 6.97. The van der Waals surface area contributed by atoms with Crippen molar-refractivity contribution in [3.8, 4) is 23.0 Å². The first kappa shape index (κ1) is 23.4. The van der Waals surface area contributed by atoms with E-state index in [9.17, 15) is 0 Å². The predicted molar refractivity (Wildman–Crippen MR) is 123 cm³/mol. The molecule has 0 bridgehead atoms. The highest BCUT2D eigenvalue weighted by molar-refractivity contribution is 5.31. The molecule has 170 valence electrons. The molecule has 32 heavy (non-hydrogen) atoms. The Morgan fingerprint density at radius 1 is 0.438 bits per heavy atom. The van der Waals surface area contributed by atoms with Crippen molar-refractivity contribution in [2.24, 2.45) is 0 Å². The second kappa shape index (κ2) is 13.2. The number of hydrogen-bond donors (Lipinski definition) is 0. The van der Waals surface area contributed by atoms with Gasteiger partial charge in [0.2, 0.25) is 0 Å². The lowest BCUT2D eigenvalue weighted by Crippen LogP contribution is -2.07. The zero-order valence-electron chi connectivity index (χ0n) is 18.6. The monoisotopic (exact) mass is 438 g/mol. The highest BCUT2D eigenvalue weighted by Crippen LogP contribution is 2.18. The van der Waals surface area contributed by atoms with Gasteiger partial charge in [-0.25, -0.2) is 0 Å². The number of ether oxygens (including phenoxy) is 6. The Bertz CT molecular complexity index is 815. The molecular weight excluding hydrogens is 408 g/mol. The van der Waals surface area contributed by atoms with Crippen molar-refractivity contribution in [1.82, 2.24) is 0 Å². The standard InChI is InChI=1S/C26H30O6/c1-27-23-7-3-21(4-8-23)19-29-15-17-31-25-11-13-26(14-12-25)32-18-16-30-20-22-5-9-24(28-2)10-6-22/h3-14H,15-20H2,1-2H3. The van der Waals surface area contributed by atoms with Crippen LogP contribution in [-0.2, 0) is 22.7 Å². The molecule has 6 nitrogen and oxygen atoms in total. The van der Waals surface area contributed by atoms with Crippen LogP contribution in [0.3, 0.4) is 0 Å². The zero-order chi connectivity index (χ0) is 22.4. The van der Waals surface area contributed by atoms with E-state index in [2.05, 4.69) is 0 Å². The molecule has 0 radical (unpaired) electrons. The quantitative estimate of drug-likeness (QED) is 0.334. The van der Waals surface area contributed by atoms with E-state index >= 15 is 0 Å². The average Bonchev–Trinajstić information content (AvgIpc) is 2.85. The molecular formula is C26H30O6. The summed E-state index contributed by atoms with van der Waals surface area (Å²) in [5, 5.41) is 0. The summed E-state index contributed by atoms with van der Waals surface area (Å²) in [6, 6.07) is 23.2. The van der Waals surface area contributed by atoms with Gasteiger partial charge in [-0.2, -0.15) is 0 Å². The van der Waals surface area contributed by atoms with E-state index in [1.165, 1.54) is 0 Å². The lowest BCUT2D eigenvalue weighted by atomic mass is 10.2. The fraction of sp³-hybridized carbons (Fsp3) is 0.308. The molecule has 0 saturated carbocycles. The molecule has 0 unspecified atom stereocenters. The molecule has 0 aromatic heterocycles. The van der Waals surface area contributed by atoms with Crippen LogP contribution in [0.2, 0.25) is 0 Å². The van der Waals surface area contributed by atoms with Gasteiger partial charge in [0.15, 0.2) is 0 Å². The van der Waals surface area contributed by atoms with Gasteiger partial charge in [0.1, 0.15) is 36.2 Å². The van der Waals surface area contributed by atoms with Gasteiger partial charge in [0, 0.05) is 0 Å². The molecule has 0 atom stereocenters. The number of benzene rings is 3. The van der Waals surface area contributed by atoms with Gasteiger partial charge in [0.25, 0.3) is 0 Å². The van der Waals surface area contributed by atoms with Crippen LogP contribution in [0.15, 0.2) is 72.8 Å². The smallest absolute Gasteiger partial charge is 0.119 e. The third-order valence-corrected chi connectivity index (χ3v) is 4.67. The fourth-order valence-corrected chi connectivity index (χ4v) is 2.89. The third kappa shape index (κ3) is 8.13. The number of hydrogen-bond acceptors (Lipinski definition) is 6. The molecule has 0 heterocycles. The first-order valence-electron chi connectivity index (χ1n) is 10.5. The van der Waals surface area contributed by atoms with Crippen LogP contribution in [0.25, 0.3) is 0 Å². The Kier molecular flexibility index (Phi) is 9.71. The van der Waals surface area contributed by atoms with E-state index in [0.29, 0.717) is 39.6 Å². The normalized spacial score (nSPS) is 10.6. The van der Waals surface area contributed by atoms with E-state index in [0.717, 1.165) is 34.1 Å². The molecule has 3 rings (SSSR count). The summed E-state index contributed by atoms with van der Waals surface area (Å²) in [7, 11) is 3.31. The third-order valence-electron chi connectivity index (χ3n) is 4.67. The molecule has 6 heteroatoms. The van der Waals surface area contributed by atoms with E-state index in [1.54, 1.807) is 14.2 Å². The van der Waals surface area contributed by atoms with Crippen LogP contribution in [0.1, 0.15) is 11.1 Å². The zero-order valence-corrected chi connectivity index (χ0v) is 18.6. The largest absolute Gasteiger partial charge is 0.497 e. The molecule has 0 aliphatic heterocycles. The Hall–Kier alpha value is -3.22. The van der Waals surface area contributed by atoms with Gasteiger partial charge in [-0.1, -0.05) is 24.3 Å². The van der Waals surface area contributed by atoms with Crippen molar-refractivity contribution in [2.75, 3.05) is 40.6 Å². The molecule has 0 aliphatic carbocycles. The van der Waals surface area contributed by atoms with Gasteiger partial charge < -0.3 is 28.4 Å². The Balaban J connectivity index is 1.25. The van der Waals surface area contributed by atoms with Gasteiger partial charge >= 0.3 is 0 Å². The summed E-state index contributed by atoms with van der Waals surface area (Å²) in [6.45, 7) is 3.07. The summed E-state index contributed by atoms with van der Waals surface area (Å²) in [6.07, 6.45) is 0. The molecule has 0 saturated heterocycles. The van der Waals surface area contributed by atoms with Gasteiger partial charge in [-0.15, -0.1) is 0 Å². The van der Waals surface area contributed by atoms with Crippen molar-refractivity contribution in [3.63, 3.8) is 0 Å². The molecule has 0 N–H and O–H groups in total. The van der Waals surface area contributed by atoms with Crippen molar-refractivity contribution >= 4 is 0 Å². The van der Waals surface area contributed by atoms with E-state index in [4.69, 9.17) is 28.4 Å². The maximum absolute atomic E-state index is 5.71. The average molecular weight is 439 g/mol. The van der Waals surface area contributed by atoms with Crippen LogP contribution in [0.5, 0.6) is 23.0 Å². The summed E-state index contributed by atoms with van der Waals surface area (Å²) in [5.74, 6) is 3.23. The maximum Gasteiger partial charge on any atom is 0.119 e. The number of methoxy groups -OCH3 is 2. The molecule has 0 amide bonds. The van der Waals surface area contributed by atoms with E-state index in [-0.39, 0.29) is 0 Å². The molecule has 3 aromatic rings. The van der Waals surface area contributed by atoms with Crippen molar-refractivity contribution < 1.29 is 28.4 Å². The van der Waals surface area contributed by atoms with Crippen LogP contribution in [0.4, 0.5) is 0 Å². The summed E-state index contributed by atoms with van der Waals surface area (Å²) >= 11 is 0. The van der Waals surface area contributed by atoms with Crippen LogP contribution >= 0.6 is 0 Å². The molecule has 0 spiro atoms. The van der Waals surface area contributed by atoms with Crippen molar-refractivity contribution in [2.45, 2.75) is 13.2 Å². The highest BCUT2D eigenvalue weighted by atomic mass is 16.5. The Morgan fingerprint density at radius 3 is 1.12 bits per heavy atom. The summed E-state index contributed by atoms with van der Waals surface area (Å²) < 4.78 is 33.0. The van der Waals surface area contributed by atoms with Crippen molar-refractivity contribution in [3.05, 3.63) is 83.9 Å². The lowest BCUT2D eigenvalue weighted by molar-refractivity contribution is 0.0878. The Labute approximate surface area is 189 Å². The maximum atomic E-state index is 5.71. The molecule has 3 aromatic carbocycles.